The van der Waals surface area contributed by atoms with Gasteiger partial charge in [-0.3, -0.25) is 0 Å². The van der Waals surface area contributed by atoms with E-state index in [0.29, 0.717) is 22.8 Å². The van der Waals surface area contributed by atoms with Gasteiger partial charge in [-0.15, -0.1) is 0 Å². The van der Waals surface area contributed by atoms with Crippen LogP contribution < -0.4 is 10.5 Å². The van der Waals surface area contributed by atoms with Gasteiger partial charge in [-0.25, -0.2) is 14.8 Å². The molecule has 4 rings (SSSR count). The first-order valence-electron chi connectivity index (χ1n) is 8.82. The number of hydrogen-bond donors (Lipinski definition) is 0. The van der Waals surface area contributed by atoms with Crippen LogP contribution in [0.3, 0.4) is 0 Å². The van der Waals surface area contributed by atoms with Crippen LogP contribution in [0.5, 0.6) is 0 Å². The predicted octanol–water partition coefficient (Wildman–Crippen LogP) is 2.70. The molecule has 1 saturated heterocycles. The Kier molecular flexibility index (Phi) is 4.20. The molecule has 26 heavy (non-hydrogen) atoms. The Balaban J connectivity index is 1.80. The van der Waals surface area contributed by atoms with Gasteiger partial charge in [0.15, 0.2) is 0 Å². The Bertz CT molecular complexity index is 1010. The van der Waals surface area contributed by atoms with Crippen LogP contribution in [-0.2, 0) is 0 Å². The molecule has 0 N–H and O–H groups in total. The van der Waals surface area contributed by atoms with Crippen molar-refractivity contribution in [1.29, 1.82) is 0 Å². The third-order valence-corrected chi connectivity index (χ3v) is 5.08. The van der Waals surface area contributed by atoms with Gasteiger partial charge in [0.25, 0.3) is 0 Å². The molecule has 1 atom stereocenters. The van der Waals surface area contributed by atoms with E-state index in [1.54, 1.807) is 6.20 Å². The van der Waals surface area contributed by atoms with Crippen molar-refractivity contribution in [3.05, 3.63) is 52.5 Å². The lowest BCUT2D eigenvalue weighted by Crippen LogP contribution is -2.31. The van der Waals surface area contributed by atoms with Crippen molar-refractivity contribution in [3.8, 4) is 11.5 Å². The molecular formula is C20H22N4O2. The first kappa shape index (κ1) is 16.7. The average molecular weight is 350 g/mol. The van der Waals surface area contributed by atoms with Crippen LogP contribution in [0.4, 0.5) is 5.82 Å². The zero-order chi connectivity index (χ0) is 18.3. The number of pyridine rings is 1. The summed E-state index contributed by atoms with van der Waals surface area (Å²) in [6.07, 6.45) is 2.85. The Labute approximate surface area is 152 Å². The monoisotopic (exact) mass is 350 g/mol. The van der Waals surface area contributed by atoms with Crippen LogP contribution in [0.1, 0.15) is 12.0 Å². The van der Waals surface area contributed by atoms with Crippen LogP contribution in [0.15, 0.2) is 45.7 Å². The third kappa shape index (κ3) is 2.86. The highest BCUT2D eigenvalue weighted by Gasteiger charge is 2.27. The lowest BCUT2D eigenvalue weighted by molar-refractivity contribution is 0.315. The van der Waals surface area contributed by atoms with Gasteiger partial charge in [0.1, 0.15) is 5.82 Å². The zero-order valence-electron chi connectivity index (χ0n) is 15.3. The van der Waals surface area contributed by atoms with Crippen molar-refractivity contribution in [2.45, 2.75) is 19.4 Å². The molecule has 1 fully saturated rings. The largest absolute Gasteiger partial charge is 0.403 e. The summed E-state index contributed by atoms with van der Waals surface area (Å²) in [7, 11) is 4.19. The van der Waals surface area contributed by atoms with Crippen LogP contribution in [0, 0.1) is 6.92 Å². The van der Waals surface area contributed by atoms with E-state index in [1.807, 2.05) is 37.3 Å². The van der Waals surface area contributed by atoms with Gasteiger partial charge in [0, 0.05) is 25.3 Å². The summed E-state index contributed by atoms with van der Waals surface area (Å²) in [6, 6.07) is 9.89. The number of likely N-dealkylation sites (N-methyl/N-ethyl adjacent to an activating group) is 1. The highest BCUT2D eigenvalue weighted by Crippen LogP contribution is 2.30. The predicted molar refractivity (Wildman–Crippen MR) is 103 cm³/mol. The second kappa shape index (κ2) is 6.53. The van der Waals surface area contributed by atoms with Crippen LogP contribution in [0.2, 0.25) is 0 Å². The minimum absolute atomic E-state index is 0.324. The van der Waals surface area contributed by atoms with Crippen molar-refractivity contribution >= 4 is 16.7 Å². The Morgan fingerprint density at radius 3 is 2.85 bits per heavy atom. The minimum Gasteiger partial charge on any atom is -0.403 e. The molecular weight excluding hydrogens is 328 g/mol. The van der Waals surface area contributed by atoms with E-state index in [0.717, 1.165) is 36.5 Å². The molecule has 134 valence electrons. The molecule has 1 aliphatic rings. The quantitative estimate of drug-likeness (QED) is 0.724. The number of rotatable bonds is 3. The third-order valence-electron chi connectivity index (χ3n) is 5.08. The molecule has 0 spiro atoms. The number of hydrogen-bond acceptors (Lipinski definition) is 6. The first-order chi connectivity index (χ1) is 12.5. The normalized spacial score (nSPS) is 17.4. The molecule has 0 amide bonds. The van der Waals surface area contributed by atoms with Gasteiger partial charge in [-0.1, -0.05) is 12.1 Å². The van der Waals surface area contributed by atoms with E-state index in [9.17, 15) is 4.79 Å². The standard InChI is InChI=1S/C20H22N4O2/c1-13-6-4-8-16-17(13)20(25)26-19(22-16)15-7-5-10-21-18(15)24-11-9-14(12-24)23(2)3/h4-8,10,14H,9,11-12H2,1-3H3/t14-/m1/s1. The second-order valence-corrected chi connectivity index (χ2v) is 7.00. The maximum atomic E-state index is 12.5. The summed E-state index contributed by atoms with van der Waals surface area (Å²) in [6.45, 7) is 3.71. The summed E-state index contributed by atoms with van der Waals surface area (Å²) in [5.74, 6) is 1.14. The molecule has 0 unspecified atom stereocenters. The van der Waals surface area contributed by atoms with Crippen molar-refractivity contribution in [1.82, 2.24) is 14.9 Å². The summed E-state index contributed by atoms with van der Waals surface area (Å²) in [5, 5.41) is 0.538. The molecule has 1 aromatic carbocycles. The first-order valence-corrected chi connectivity index (χ1v) is 8.82. The second-order valence-electron chi connectivity index (χ2n) is 7.00. The van der Waals surface area contributed by atoms with Crippen LogP contribution in [0.25, 0.3) is 22.4 Å². The van der Waals surface area contributed by atoms with Gasteiger partial charge >= 0.3 is 5.63 Å². The van der Waals surface area contributed by atoms with E-state index in [4.69, 9.17) is 4.42 Å². The number of aromatic nitrogens is 2. The van der Waals surface area contributed by atoms with E-state index >= 15 is 0 Å². The maximum Gasteiger partial charge on any atom is 0.347 e. The molecule has 3 heterocycles. The van der Waals surface area contributed by atoms with Crippen molar-refractivity contribution in [3.63, 3.8) is 0 Å². The Morgan fingerprint density at radius 1 is 1.23 bits per heavy atom. The molecule has 6 nitrogen and oxygen atoms in total. The van der Waals surface area contributed by atoms with Crippen LogP contribution in [-0.4, -0.2) is 48.1 Å². The Hall–Kier alpha value is -2.73. The van der Waals surface area contributed by atoms with Crippen molar-refractivity contribution < 1.29 is 4.42 Å². The van der Waals surface area contributed by atoms with Crippen LogP contribution >= 0.6 is 0 Å². The highest BCUT2D eigenvalue weighted by atomic mass is 16.4. The molecule has 1 aliphatic heterocycles. The molecule has 6 heteroatoms. The molecule has 2 aromatic heterocycles. The molecule has 0 aliphatic carbocycles. The fraction of sp³-hybridized carbons (Fsp3) is 0.350. The summed E-state index contributed by atoms with van der Waals surface area (Å²) < 4.78 is 5.59. The summed E-state index contributed by atoms with van der Waals surface area (Å²) >= 11 is 0. The Morgan fingerprint density at radius 2 is 2.08 bits per heavy atom. The number of aryl methyl sites for hydroxylation is 1. The van der Waals surface area contributed by atoms with Crippen molar-refractivity contribution in [2.75, 3.05) is 32.1 Å². The summed E-state index contributed by atoms with van der Waals surface area (Å²) in [4.78, 5) is 26.2. The SMILES string of the molecule is Cc1cccc2nc(-c3cccnc3N3CC[C@@H](N(C)C)C3)oc(=O)c12. The number of fused-ring (bicyclic) bond motifs is 1. The minimum atomic E-state index is -0.356. The van der Waals surface area contributed by atoms with Gasteiger partial charge in [-0.2, -0.15) is 0 Å². The molecule has 0 bridgehead atoms. The molecule has 0 radical (unpaired) electrons. The lowest BCUT2D eigenvalue weighted by Gasteiger charge is -2.22. The maximum absolute atomic E-state index is 12.5. The van der Waals surface area contributed by atoms with Gasteiger partial charge < -0.3 is 14.2 Å². The topological polar surface area (TPSA) is 62.5 Å². The van der Waals surface area contributed by atoms with E-state index in [-0.39, 0.29) is 5.63 Å². The van der Waals surface area contributed by atoms with Gasteiger partial charge in [-0.05, 0) is 51.2 Å². The van der Waals surface area contributed by atoms with E-state index in [2.05, 4.69) is 33.9 Å². The summed E-state index contributed by atoms with van der Waals surface area (Å²) in [5.41, 5.74) is 1.92. The zero-order valence-corrected chi connectivity index (χ0v) is 15.3. The van der Waals surface area contributed by atoms with Gasteiger partial charge in [0.2, 0.25) is 5.89 Å². The number of benzene rings is 1. The highest BCUT2D eigenvalue weighted by molar-refractivity contribution is 5.82. The smallest absolute Gasteiger partial charge is 0.347 e. The lowest BCUT2D eigenvalue weighted by atomic mass is 10.1. The molecule has 0 saturated carbocycles. The van der Waals surface area contributed by atoms with E-state index in [1.165, 1.54) is 0 Å². The fourth-order valence-corrected chi connectivity index (χ4v) is 3.57. The number of anilines is 1. The fourth-order valence-electron chi connectivity index (χ4n) is 3.57. The molecule has 3 aromatic rings. The van der Waals surface area contributed by atoms with E-state index < -0.39 is 0 Å². The van der Waals surface area contributed by atoms with Gasteiger partial charge in [0.05, 0.1) is 16.5 Å². The average Bonchev–Trinajstić information content (AvgIpc) is 3.12. The van der Waals surface area contributed by atoms with Crippen molar-refractivity contribution in [2.24, 2.45) is 0 Å². The number of nitrogens with zero attached hydrogens (tertiary/aromatic N) is 4.